The minimum atomic E-state index is -0.677. The van der Waals surface area contributed by atoms with Crippen LogP contribution >= 0.6 is 0 Å². The molecule has 4 heterocycles. The van der Waals surface area contributed by atoms with E-state index in [1.165, 1.54) is 6.07 Å². The van der Waals surface area contributed by atoms with Gasteiger partial charge in [-0.05, 0) is 52.0 Å². The first-order valence-corrected chi connectivity index (χ1v) is 11.0. The van der Waals surface area contributed by atoms with E-state index in [1.807, 2.05) is 36.3 Å². The Bertz CT molecular complexity index is 1370. The number of hydrogen-bond acceptors (Lipinski definition) is 7. The van der Waals surface area contributed by atoms with Crippen molar-refractivity contribution in [2.45, 2.75) is 39.3 Å². The molecule has 0 aliphatic carbocycles. The fraction of sp³-hybridized carbons (Fsp3) is 0.333. The van der Waals surface area contributed by atoms with Crippen LogP contribution in [0.5, 0.6) is 0 Å². The summed E-state index contributed by atoms with van der Waals surface area (Å²) in [5.74, 6) is 0.0961. The average Bonchev–Trinajstić information content (AvgIpc) is 3.10. The molecule has 2 N–H and O–H groups in total. The molecule has 0 radical (unpaired) electrons. The summed E-state index contributed by atoms with van der Waals surface area (Å²) < 4.78 is 31.5. The molecule has 8 nitrogen and oxygen atoms in total. The van der Waals surface area contributed by atoms with Gasteiger partial charge in [-0.15, -0.1) is 0 Å². The first-order valence-electron chi connectivity index (χ1n) is 11.0. The molecule has 0 unspecified atom stereocenters. The second-order valence-electron chi connectivity index (χ2n) is 9.22. The summed E-state index contributed by atoms with van der Waals surface area (Å²) in [7, 11) is 0. The van der Waals surface area contributed by atoms with E-state index in [0.717, 1.165) is 11.9 Å². The Labute approximate surface area is 195 Å². The second-order valence-corrected chi connectivity index (χ2v) is 9.22. The van der Waals surface area contributed by atoms with Gasteiger partial charge in [-0.2, -0.15) is 0 Å². The molecule has 0 atom stereocenters. The largest absolute Gasteiger partial charge is 0.386 e. The molecule has 0 spiro atoms. The van der Waals surface area contributed by atoms with E-state index in [9.17, 15) is 13.9 Å². The fourth-order valence-electron chi connectivity index (χ4n) is 4.41. The minimum Gasteiger partial charge on any atom is -0.386 e. The SMILES string of the molecule is Cc1nc2c(F)cc(-c3nc(Nc4ccc(N5CC(C)(O)C5)cn4)ncc3F)cc2n1C(C)C. The summed E-state index contributed by atoms with van der Waals surface area (Å²) in [6.07, 6.45) is 2.73. The van der Waals surface area contributed by atoms with Gasteiger partial charge in [0.1, 0.15) is 22.9 Å². The van der Waals surface area contributed by atoms with E-state index < -0.39 is 17.2 Å². The van der Waals surface area contributed by atoms with E-state index in [2.05, 4.69) is 25.3 Å². The van der Waals surface area contributed by atoms with E-state index in [-0.39, 0.29) is 23.2 Å². The topological polar surface area (TPSA) is 92.0 Å². The summed E-state index contributed by atoms with van der Waals surface area (Å²) in [5, 5.41) is 12.9. The molecule has 1 fully saturated rings. The monoisotopic (exact) mass is 465 g/mol. The molecule has 10 heteroatoms. The van der Waals surface area contributed by atoms with Crippen molar-refractivity contribution in [2.75, 3.05) is 23.3 Å². The molecule has 1 saturated heterocycles. The van der Waals surface area contributed by atoms with E-state index in [4.69, 9.17) is 0 Å². The number of aromatic nitrogens is 5. The lowest BCUT2D eigenvalue weighted by atomic mass is 9.96. The molecule has 0 bridgehead atoms. The number of aliphatic hydroxyl groups is 1. The maximum atomic E-state index is 14.9. The number of benzene rings is 1. The molecule has 5 rings (SSSR count). The maximum Gasteiger partial charge on any atom is 0.229 e. The van der Waals surface area contributed by atoms with Crippen molar-refractivity contribution < 1.29 is 13.9 Å². The highest BCUT2D eigenvalue weighted by molar-refractivity contribution is 5.83. The van der Waals surface area contributed by atoms with Gasteiger partial charge in [0.05, 0.1) is 29.2 Å². The highest BCUT2D eigenvalue weighted by atomic mass is 19.1. The van der Waals surface area contributed by atoms with Gasteiger partial charge >= 0.3 is 0 Å². The number of pyridine rings is 1. The quantitative estimate of drug-likeness (QED) is 0.452. The third-order valence-electron chi connectivity index (χ3n) is 5.87. The van der Waals surface area contributed by atoms with Gasteiger partial charge in [0.25, 0.3) is 0 Å². The van der Waals surface area contributed by atoms with Crippen molar-refractivity contribution in [1.82, 2.24) is 24.5 Å². The number of nitrogens with one attached hydrogen (secondary N) is 1. The Kier molecular flexibility index (Phi) is 5.20. The summed E-state index contributed by atoms with van der Waals surface area (Å²) in [6.45, 7) is 8.65. The van der Waals surface area contributed by atoms with Crippen LogP contribution in [0.4, 0.5) is 26.2 Å². The molecule has 0 amide bonds. The molecule has 1 aliphatic rings. The minimum absolute atomic E-state index is 0.0214. The van der Waals surface area contributed by atoms with Gasteiger partial charge in [-0.1, -0.05) is 0 Å². The van der Waals surface area contributed by atoms with Crippen molar-refractivity contribution in [3.05, 3.63) is 54.1 Å². The predicted molar refractivity (Wildman–Crippen MR) is 126 cm³/mol. The number of β-amino-alcohol motifs (C(OH)–C–C–N with tert-alkyl or cyclic N) is 1. The molecular formula is C24H25F2N7O. The van der Waals surface area contributed by atoms with Crippen LogP contribution in [0, 0.1) is 18.6 Å². The van der Waals surface area contributed by atoms with Crippen LogP contribution in [0.1, 0.15) is 32.6 Å². The number of nitrogens with zero attached hydrogens (tertiary/aromatic N) is 6. The van der Waals surface area contributed by atoms with Gasteiger partial charge in [-0.3, -0.25) is 0 Å². The third-order valence-corrected chi connectivity index (χ3v) is 5.87. The Hall–Kier alpha value is -3.66. The summed E-state index contributed by atoms with van der Waals surface area (Å²) in [6, 6.07) is 6.62. The molecule has 34 heavy (non-hydrogen) atoms. The van der Waals surface area contributed by atoms with Crippen molar-refractivity contribution >= 4 is 28.5 Å². The van der Waals surface area contributed by atoms with E-state index in [1.54, 1.807) is 25.3 Å². The Morgan fingerprint density at radius 1 is 1.06 bits per heavy atom. The Morgan fingerprint density at radius 3 is 2.47 bits per heavy atom. The number of rotatable bonds is 5. The summed E-state index contributed by atoms with van der Waals surface area (Å²) in [5.41, 5.74) is 1.31. The van der Waals surface area contributed by atoms with Crippen LogP contribution in [0.25, 0.3) is 22.3 Å². The van der Waals surface area contributed by atoms with Crippen LogP contribution in [-0.2, 0) is 0 Å². The van der Waals surface area contributed by atoms with Crippen LogP contribution in [0.15, 0.2) is 36.7 Å². The lowest BCUT2D eigenvalue weighted by Gasteiger charge is -2.45. The summed E-state index contributed by atoms with van der Waals surface area (Å²) >= 11 is 0. The van der Waals surface area contributed by atoms with Gasteiger partial charge in [0.15, 0.2) is 11.6 Å². The van der Waals surface area contributed by atoms with Gasteiger partial charge in [0, 0.05) is 24.7 Å². The predicted octanol–water partition coefficient (Wildman–Crippen LogP) is 4.37. The number of hydrogen-bond donors (Lipinski definition) is 2. The number of halogens is 2. The van der Waals surface area contributed by atoms with Crippen molar-refractivity contribution in [2.24, 2.45) is 0 Å². The summed E-state index contributed by atoms with van der Waals surface area (Å²) in [4.78, 5) is 19.0. The Morgan fingerprint density at radius 2 is 1.82 bits per heavy atom. The van der Waals surface area contributed by atoms with Crippen LogP contribution in [-0.4, -0.2) is 48.3 Å². The van der Waals surface area contributed by atoms with Crippen LogP contribution in [0.3, 0.4) is 0 Å². The maximum absolute atomic E-state index is 14.9. The van der Waals surface area contributed by atoms with Gasteiger partial charge < -0.3 is 19.9 Å². The first kappa shape index (κ1) is 22.1. The number of imidazole rings is 1. The van der Waals surface area contributed by atoms with E-state index >= 15 is 0 Å². The second kappa shape index (κ2) is 7.98. The molecule has 3 aromatic heterocycles. The standard InChI is InChI=1S/C24H25F2N7O/c1-13(2)33-14(3)29-22-17(25)7-15(8-19(22)33)21-18(26)10-28-23(31-21)30-20-6-5-16(9-27-20)32-11-24(4,34)12-32/h5-10,13,34H,11-12H2,1-4H3,(H,27,28,30,31). The van der Waals surface area contributed by atoms with Crippen molar-refractivity contribution in [1.29, 1.82) is 0 Å². The molecule has 4 aromatic rings. The lowest BCUT2D eigenvalue weighted by molar-refractivity contribution is 0.0310. The van der Waals surface area contributed by atoms with Crippen LogP contribution in [0.2, 0.25) is 0 Å². The Balaban J connectivity index is 1.44. The number of aryl methyl sites for hydroxylation is 1. The highest BCUT2D eigenvalue weighted by Crippen LogP contribution is 2.31. The lowest BCUT2D eigenvalue weighted by Crippen LogP contribution is -2.60. The highest BCUT2D eigenvalue weighted by Gasteiger charge is 2.36. The third kappa shape index (κ3) is 3.94. The number of anilines is 3. The molecular weight excluding hydrogens is 440 g/mol. The van der Waals surface area contributed by atoms with Gasteiger partial charge in [-0.25, -0.2) is 28.7 Å². The normalized spacial score (nSPS) is 15.1. The van der Waals surface area contributed by atoms with Crippen molar-refractivity contribution in [3.63, 3.8) is 0 Å². The zero-order valence-corrected chi connectivity index (χ0v) is 19.3. The van der Waals surface area contributed by atoms with E-state index in [0.29, 0.717) is 35.8 Å². The molecule has 176 valence electrons. The molecule has 1 aromatic carbocycles. The molecule has 1 aliphatic heterocycles. The zero-order chi connectivity index (χ0) is 24.2. The molecule has 0 saturated carbocycles. The first-order chi connectivity index (χ1) is 16.1. The smallest absolute Gasteiger partial charge is 0.229 e. The zero-order valence-electron chi connectivity index (χ0n) is 19.3. The van der Waals surface area contributed by atoms with Crippen LogP contribution < -0.4 is 10.2 Å². The van der Waals surface area contributed by atoms with Gasteiger partial charge in [0.2, 0.25) is 5.95 Å². The number of fused-ring (bicyclic) bond motifs is 1. The fourth-order valence-corrected chi connectivity index (χ4v) is 4.41. The van der Waals surface area contributed by atoms with Crippen molar-refractivity contribution in [3.8, 4) is 11.3 Å². The average molecular weight is 466 g/mol.